The molecule has 0 saturated heterocycles. The highest BCUT2D eigenvalue weighted by atomic mass is 79.9. The van der Waals surface area contributed by atoms with Crippen molar-refractivity contribution in [3.05, 3.63) is 64.1 Å². The van der Waals surface area contributed by atoms with Crippen LogP contribution < -0.4 is 10.6 Å². The lowest BCUT2D eigenvalue weighted by Gasteiger charge is -2.04. The molecular weight excluding hydrogens is 438 g/mol. The van der Waals surface area contributed by atoms with Crippen LogP contribution in [0.5, 0.6) is 0 Å². The van der Waals surface area contributed by atoms with Crippen LogP contribution >= 0.6 is 27.3 Å². The molecule has 2 aromatic carbocycles. The van der Waals surface area contributed by atoms with Gasteiger partial charge in [-0.15, -0.1) is 11.3 Å². The largest absolute Gasteiger partial charge is 0.332 e. The number of benzene rings is 2. The van der Waals surface area contributed by atoms with E-state index in [-0.39, 0.29) is 10.8 Å². The van der Waals surface area contributed by atoms with E-state index in [4.69, 9.17) is 0 Å². The number of carbonyl (C=O) groups excluding carboxylic acids is 1. The molecule has 0 bridgehead atoms. The third-order valence-electron chi connectivity index (χ3n) is 3.37. The van der Waals surface area contributed by atoms with Crippen molar-refractivity contribution >= 4 is 59.5 Å². The zero-order valence-electron chi connectivity index (χ0n) is 13.6. The van der Waals surface area contributed by atoms with Crippen molar-refractivity contribution in [3.8, 4) is 0 Å². The van der Waals surface area contributed by atoms with Gasteiger partial charge in [0, 0.05) is 27.5 Å². The molecule has 6 nitrogen and oxygen atoms in total. The van der Waals surface area contributed by atoms with Gasteiger partial charge in [-0.2, -0.15) is 0 Å². The van der Waals surface area contributed by atoms with Crippen LogP contribution in [-0.2, 0) is 9.84 Å². The minimum absolute atomic E-state index is 0.247. The second-order valence-electron chi connectivity index (χ2n) is 5.42. The monoisotopic (exact) mass is 451 g/mol. The summed E-state index contributed by atoms with van der Waals surface area (Å²) in [4.78, 5) is 16.8. The molecule has 1 amide bonds. The molecule has 3 aromatic rings. The molecule has 9 heteroatoms. The van der Waals surface area contributed by atoms with E-state index in [1.807, 2.05) is 12.1 Å². The van der Waals surface area contributed by atoms with Gasteiger partial charge in [0.15, 0.2) is 15.0 Å². The third kappa shape index (κ3) is 4.69. The van der Waals surface area contributed by atoms with Gasteiger partial charge in [0.05, 0.1) is 4.90 Å². The number of anilines is 3. The normalized spacial score (nSPS) is 11.2. The Bertz CT molecular complexity index is 1030. The van der Waals surface area contributed by atoms with Gasteiger partial charge in [-0.1, -0.05) is 15.9 Å². The van der Waals surface area contributed by atoms with Gasteiger partial charge in [0.2, 0.25) is 0 Å². The quantitative estimate of drug-likeness (QED) is 0.603. The maximum atomic E-state index is 12.2. The Morgan fingerprint density at radius 1 is 1.04 bits per heavy atom. The highest BCUT2D eigenvalue weighted by Gasteiger charge is 2.12. The van der Waals surface area contributed by atoms with Crippen LogP contribution in [0, 0.1) is 0 Å². The van der Waals surface area contributed by atoms with E-state index in [1.165, 1.54) is 23.5 Å². The maximum Gasteiger partial charge on any atom is 0.275 e. The first kappa shape index (κ1) is 18.6. The molecule has 1 aromatic heterocycles. The summed E-state index contributed by atoms with van der Waals surface area (Å²) in [7, 11) is -3.23. The number of rotatable bonds is 5. The van der Waals surface area contributed by atoms with Crippen LogP contribution in [-0.4, -0.2) is 25.6 Å². The number of halogens is 1. The lowest BCUT2D eigenvalue weighted by Crippen LogP contribution is -2.12. The van der Waals surface area contributed by atoms with Crippen LogP contribution in [0.3, 0.4) is 0 Å². The summed E-state index contributed by atoms with van der Waals surface area (Å²) in [5, 5.41) is 8.03. The van der Waals surface area contributed by atoms with E-state index in [9.17, 15) is 13.2 Å². The summed E-state index contributed by atoms with van der Waals surface area (Å²) in [6.45, 7) is 0. The molecule has 0 unspecified atom stereocenters. The van der Waals surface area contributed by atoms with Gasteiger partial charge in [-0.3, -0.25) is 4.79 Å². The highest BCUT2D eigenvalue weighted by Crippen LogP contribution is 2.23. The number of nitrogens with zero attached hydrogens (tertiary/aromatic N) is 1. The molecule has 0 spiro atoms. The number of aromatic nitrogens is 1. The molecular formula is C17H14BrN3O3S2. The average Bonchev–Trinajstić information content (AvgIpc) is 3.05. The smallest absolute Gasteiger partial charge is 0.275 e. The molecule has 3 rings (SSSR count). The fourth-order valence-corrected chi connectivity index (χ4v) is 3.68. The lowest BCUT2D eigenvalue weighted by molar-refractivity contribution is 0.102. The standard InChI is InChI=1S/C17H14BrN3O3S2/c1-26(23,24)14-8-6-13(7-9-14)20-17-21-15(10-25-17)16(22)19-12-4-2-11(18)3-5-12/h2-10H,1H3,(H,19,22)(H,20,21). The van der Waals surface area contributed by atoms with Gasteiger partial charge < -0.3 is 10.6 Å². The van der Waals surface area contributed by atoms with Crippen LogP contribution in [0.2, 0.25) is 0 Å². The minimum atomic E-state index is -3.23. The fourth-order valence-electron chi connectivity index (χ4n) is 2.07. The van der Waals surface area contributed by atoms with Gasteiger partial charge in [-0.05, 0) is 48.5 Å². The van der Waals surface area contributed by atoms with E-state index >= 15 is 0 Å². The first-order chi connectivity index (χ1) is 12.3. The van der Waals surface area contributed by atoms with E-state index in [0.29, 0.717) is 22.2 Å². The van der Waals surface area contributed by atoms with Gasteiger partial charge in [0.1, 0.15) is 5.69 Å². The summed E-state index contributed by atoms with van der Waals surface area (Å²) >= 11 is 4.63. The van der Waals surface area contributed by atoms with Gasteiger partial charge in [0.25, 0.3) is 5.91 Å². The van der Waals surface area contributed by atoms with Crippen molar-refractivity contribution in [1.29, 1.82) is 0 Å². The topological polar surface area (TPSA) is 88.2 Å². The zero-order chi connectivity index (χ0) is 18.7. The summed E-state index contributed by atoms with van der Waals surface area (Å²) < 4.78 is 23.9. The second-order valence-corrected chi connectivity index (χ2v) is 9.21. The molecule has 26 heavy (non-hydrogen) atoms. The maximum absolute atomic E-state index is 12.2. The number of hydrogen-bond donors (Lipinski definition) is 2. The second kappa shape index (κ2) is 7.56. The van der Waals surface area contributed by atoms with Crippen LogP contribution in [0.15, 0.2) is 63.3 Å². The molecule has 0 atom stereocenters. The average molecular weight is 452 g/mol. The third-order valence-corrected chi connectivity index (χ3v) is 5.79. The van der Waals surface area contributed by atoms with Crippen LogP contribution in [0.1, 0.15) is 10.5 Å². The Balaban J connectivity index is 1.67. The summed E-state index contributed by atoms with van der Waals surface area (Å²) in [6.07, 6.45) is 1.16. The zero-order valence-corrected chi connectivity index (χ0v) is 16.8. The SMILES string of the molecule is CS(=O)(=O)c1ccc(Nc2nc(C(=O)Nc3ccc(Br)cc3)cs2)cc1. The Morgan fingerprint density at radius 2 is 1.65 bits per heavy atom. The van der Waals surface area contributed by atoms with E-state index in [2.05, 4.69) is 31.5 Å². The molecule has 2 N–H and O–H groups in total. The molecule has 0 saturated carbocycles. The van der Waals surface area contributed by atoms with Crippen molar-refractivity contribution in [1.82, 2.24) is 4.98 Å². The summed E-state index contributed by atoms with van der Waals surface area (Å²) in [5.41, 5.74) is 1.66. The predicted molar refractivity (Wildman–Crippen MR) is 107 cm³/mol. The summed E-state index contributed by atoms with van der Waals surface area (Å²) in [5.74, 6) is -0.302. The van der Waals surface area contributed by atoms with Crippen molar-refractivity contribution in [2.45, 2.75) is 4.90 Å². The van der Waals surface area contributed by atoms with E-state index in [1.54, 1.807) is 29.6 Å². The van der Waals surface area contributed by atoms with Gasteiger partial charge >= 0.3 is 0 Å². The van der Waals surface area contributed by atoms with Crippen molar-refractivity contribution in [3.63, 3.8) is 0 Å². The number of thiazole rings is 1. The van der Waals surface area contributed by atoms with Crippen molar-refractivity contribution in [2.24, 2.45) is 0 Å². The van der Waals surface area contributed by atoms with E-state index < -0.39 is 9.84 Å². The Labute approximate surface area is 163 Å². The molecule has 0 fully saturated rings. The highest BCUT2D eigenvalue weighted by molar-refractivity contribution is 9.10. The lowest BCUT2D eigenvalue weighted by atomic mass is 10.3. The number of carbonyl (C=O) groups is 1. The first-order valence-electron chi connectivity index (χ1n) is 7.41. The van der Waals surface area contributed by atoms with Gasteiger partial charge in [-0.25, -0.2) is 13.4 Å². The van der Waals surface area contributed by atoms with Crippen molar-refractivity contribution in [2.75, 3.05) is 16.9 Å². The number of nitrogens with one attached hydrogen (secondary N) is 2. The minimum Gasteiger partial charge on any atom is -0.332 e. The Morgan fingerprint density at radius 3 is 2.27 bits per heavy atom. The van der Waals surface area contributed by atoms with Crippen LogP contribution in [0.4, 0.5) is 16.5 Å². The Kier molecular flexibility index (Phi) is 5.40. The number of sulfone groups is 1. The first-order valence-corrected chi connectivity index (χ1v) is 11.0. The molecule has 134 valence electrons. The molecule has 1 heterocycles. The predicted octanol–water partition coefficient (Wildman–Crippen LogP) is 4.31. The molecule has 0 aliphatic rings. The van der Waals surface area contributed by atoms with Crippen molar-refractivity contribution < 1.29 is 13.2 Å². The fraction of sp³-hybridized carbons (Fsp3) is 0.0588. The van der Waals surface area contributed by atoms with E-state index in [0.717, 1.165) is 10.7 Å². The molecule has 0 aliphatic heterocycles. The number of hydrogen-bond acceptors (Lipinski definition) is 6. The molecule has 0 aliphatic carbocycles. The molecule has 0 radical (unpaired) electrons. The van der Waals surface area contributed by atoms with Crippen LogP contribution in [0.25, 0.3) is 0 Å². The Hall–Kier alpha value is -2.23. The number of amides is 1. The summed E-state index contributed by atoms with van der Waals surface area (Å²) in [6, 6.07) is 13.6.